The highest BCUT2D eigenvalue weighted by molar-refractivity contribution is 7.16. The minimum Gasteiger partial charge on any atom is -0.306 e. The first-order valence-corrected chi connectivity index (χ1v) is 8.29. The summed E-state index contributed by atoms with van der Waals surface area (Å²) in [5.41, 5.74) is 5.22. The Hall–Kier alpha value is -0.830. The van der Waals surface area contributed by atoms with Crippen LogP contribution in [0, 0.1) is 20.8 Å². The molecule has 2 rings (SSSR count). The molecule has 0 spiro atoms. The zero-order valence-electron chi connectivity index (χ0n) is 12.6. The number of thiophene rings is 1. The van der Waals surface area contributed by atoms with E-state index in [0.717, 1.165) is 17.3 Å². The van der Waals surface area contributed by atoms with Gasteiger partial charge in [-0.1, -0.05) is 36.7 Å². The van der Waals surface area contributed by atoms with Crippen LogP contribution in [0.4, 0.5) is 0 Å². The van der Waals surface area contributed by atoms with E-state index in [4.69, 9.17) is 11.6 Å². The summed E-state index contributed by atoms with van der Waals surface area (Å²) in [6.07, 6.45) is 1.12. The number of hydrogen-bond donors (Lipinski definition) is 1. The summed E-state index contributed by atoms with van der Waals surface area (Å²) in [7, 11) is 0. The summed E-state index contributed by atoms with van der Waals surface area (Å²) in [6, 6.07) is 8.95. The Morgan fingerprint density at radius 1 is 1.15 bits per heavy atom. The van der Waals surface area contributed by atoms with Crippen LogP contribution in [0.1, 0.15) is 46.5 Å². The Balaban J connectivity index is 2.47. The predicted octanol–water partition coefficient (Wildman–Crippen LogP) is 5.42. The molecule has 0 saturated carbocycles. The standard InChI is InChI=1S/C17H22ClNS/c1-5-9-19-16(14-10-13(4)17(18)20-14)15-11(2)7-6-8-12(15)3/h6-8,10,16,19H,5,9H2,1-4H3. The molecule has 0 saturated heterocycles. The van der Waals surface area contributed by atoms with Crippen molar-refractivity contribution in [1.82, 2.24) is 5.32 Å². The summed E-state index contributed by atoms with van der Waals surface area (Å²) in [6.45, 7) is 9.65. The van der Waals surface area contributed by atoms with Crippen LogP contribution in [0.15, 0.2) is 24.3 Å². The topological polar surface area (TPSA) is 12.0 Å². The highest BCUT2D eigenvalue weighted by Gasteiger charge is 2.20. The van der Waals surface area contributed by atoms with Crippen LogP contribution in [0.5, 0.6) is 0 Å². The van der Waals surface area contributed by atoms with Gasteiger partial charge in [-0.25, -0.2) is 0 Å². The number of hydrogen-bond acceptors (Lipinski definition) is 2. The van der Waals surface area contributed by atoms with Gasteiger partial charge >= 0.3 is 0 Å². The van der Waals surface area contributed by atoms with Gasteiger partial charge in [0.15, 0.2) is 0 Å². The monoisotopic (exact) mass is 307 g/mol. The molecule has 108 valence electrons. The van der Waals surface area contributed by atoms with Crippen molar-refractivity contribution >= 4 is 22.9 Å². The lowest BCUT2D eigenvalue weighted by Gasteiger charge is -2.22. The summed E-state index contributed by atoms with van der Waals surface area (Å²) < 4.78 is 0.898. The molecular weight excluding hydrogens is 286 g/mol. The molecule has 0 radical (unpaired) electrons. The summed E-state index contributed by atoms with van der Waals surface area (Å²) in [4.78, 5) is 1.30. The van der Waals surface area contributed by atoms with Crippen LogP contribution < -0.4 is 5.32 Å². The first-order valence-electron chi connectivity index (χ1n) is 7.10. The number of rotatable bonds is 5. The molecular formula is C17H22ClNS. The molecule has 0 amide bonds. The molecule has 1 aromatic carbocycles. The van der Waals surface area contributed by atoms with E-state index in [0.29, 0.717) is 0 Å². The van der Waals surface area contributed by atoms with Crippen LogP contribution in [0.3, 0.4) is 0 Å². The quantitative estimate of drug-likeness (QED) is 0.778. The minimum atomic E-state index is 0.243. The average molecular weight is 308 g/mol. The van der Waals surface area contributed by atoms with Gasteiger partial charge in [-0.15, -0.1) is 11.3 Å². The molecule has 3 heteroatoms. The fourth-order valence-corrected chi connectivity index (χ4v) is 3.85. The highest BCUT2D eigenvalue weighted by atomic mass is 35.5. The zero-order chi connectivity index (χ0) is 14.7. The first-order chi connectivity index (χ1) is 9.54. The Bertz CT molecular complexity index is 549. The molecule has 0 bridgehead atoms. The number of aryl methyl sites for hydroxylation is 3. The summed E-state index contributed by atoms with van der Waals surface area (Å²) in [5, 5.41) is 3.68. The largest absolute Gasteiger partial charge is 0.306 e. The van der Waals surface area contributed by atoms with Crippen molar-refractivity contribution in [3.63, 3.8) is 0 Å². The second-order valence-electron chi connectivity index (χ2n) is 5.30. The lowest BCUT2D eigenvalue weighted by molar-refractivity contribution is 0.601. The highest BCUT2D eigenvalue weighted by Crippen LogP contribution is 2.36. The van der Waals surface area contributed by atoms with Gasteiger partial charge in [0.25, 0.3) is 0 Å². The third-order valence-electron chi connectivity index (χ3n) is 3.59. The first kappa shape index (κ1) is 15.6. The molecule has 0 aliphatic rings. The van der Waals surface area contributed by atoms with Crippen molar-refractivity contribution in [2.24, 2.45) is 0 Å². The molecule has 1 nitrogen and oxygen atoms in total. The third-order valence-corrected chi connectivity index (χ3v) is 5.21. The Morgan fingerprint density at radius 3 is 2.30 bits per heavy atom. The minimum absolute atomic E-state index is 0.243. The van der Waals surface area contributed by atoms with Crippen molar-refractivity contribution in [2.75, 3.05) is 6.54 Å². The maximum atomic E-state index is 6.27. The Morgan fingerprint density at radius 2 is 1.80 bits per heavy atom. The van der Waals surface area contributed by atoms with Gasteiger partial charge in [0.05, 0.1) is 10.4 Å². The summed E-state index contributed by atoms with van der Waals surface area (Å²) >= 11 is 7.95. The van der Waals surface area contributed by atoms with E-state index >= 15 is 0 Å². The molecule has 1 unspecified atom stereocenters. The van der Waals surface area contributed by atoms with Gasteiger partial charge in [-0.05, 0) is 62.1 Å². The zero-order valence-corrected chi connectivity index (χ0v) is 14.2. The molecule has 1 atom stereocenters. The van der Waals surface area contributed by atoms with E-state index in [1.54, 1.807) is 11.3 Å². The SMILES string of the molecule is CCCNC(c1cc(C)c(Cl)s1)c1c(C)cccc1C. The van der Waals surface area contributed by atoms with Gasteiger partial charge in [-0.2, -0.15) is 0 Å². The number of nitrogens with one attached hydrogen (secondary N) is 1. The van der Waals surface area contributed by atoms with Crippen molar-refractivity contribution in [1.29, 1.82) is 0 Å². The van der Waals surface area contributed by atoms with Crippen LogP contribution >= 0.6 is 22.9 Å². The molecule has 2 aromatic rings. The Labute approximate surface area is 131 Å². The van der Waals surface area contributed by atoms with Gasteiger partial charge in [0, 0.05) is 4.88 Å². The molecule has 0 aliphatic carbocycles. The van der Waals surface area contributed by atoms with Crippen LogP contribution in [0.2, 0.25) is 4.34 Å². The maximum Gasteiger partial charge on any atom is 0.0961 e. The van der Waals surface area contributed by atoms with E-state index in [9.17, 15) is 0 Å². The Kier molecular flexibility index (Phi) is 5.25. The lowest BCUT2D eigenvalue weighted by Crippen LogP contribution is -2.24. The smallest absolute Gasteiger partial charge is 0.0961 e. The fourth-order valence-electron chi connectivity index (χ4n) is 2.54. The predicted molar refractivity (Wildman–Crippen MR) is 90.1 cm³/mol. The van der Waals surface area contributed by atoms with E-state index < -0.39 is 0 Å². The number of benzene rings is 1. The van der Waals surface area contributed by atoms with Gasteiger partial charge in [0.2, 0.25) is 0 Å². The average Bonchev–Trinajstić information content (AvgIpc) is 2.73. The van der Waals surface area contributed by atoms with E-state index in [1.165, 1.54) is 27.1 Å². The van der Waals surface area contributed by atoms with Crippen molar-refractivity contribution in [2.45, 2.75) is 40.2 Å². The van der Waals surface area contributed by atoms with Crippen molar-refractivity contribution in [3.05, 3.63) is 55.7 Å². The van der Waals surface area contributed by atoms with Crippen LogP contribution in [-0.4, -0.2) is 6.54 Å². The second kappa shape index (κ2) is 6.75. The van der Waals surface area contributed by atoms with E-state index in [1.807, 2.05) is 0 Å². The van der Waals surface area contributed by atoms with Gasteiger partial charge in [0.1, 0.15) is 0 Å². The van der Waals surface area contributed by atoms with E-state index in [2.05, 4.69) is 57.3 Å². The molecule has 20 heavy (non-hydrogen) atoms. The maximum absolute atomic E-state index is 6.27. The van der Waals surface area contributed by atoms with Crippen LogP contribution in [-0.2, 0) is 0 Å². The molecule has 0 fully saturated rings. The van der Waals surface area contributed by atoms with Crippen molar-refractivity contribution in [3.8, 4) is 0 Å². The molecule has 1 heterocycles. The fraction of sp³-hybridized carbons (Fsp3) is 0.412. The van der Waals surface area contributed by atoms with Crippen LogP contribution in [0.25, 0.3) is 0 Å². The van der Waals surface area contributed by atoms with Crippen molar-refractivity contribution < 1.29 is 0 Å². The number of halogens is 1. The third kappa shape index (κ3) is 3.25. The van der Waals surface area contributed by atoms with E-state index in [-0.39, 0.29) is 6.04 Å². The van der Waals surface area contributed by atoms with Gasteiger partial charge < -0.3 is 5.32 Å². The molecule has 1 N–H and O–H groups in total. The second-order valence-corrected chi connectivity index (χ2v) is 6.98. The van der Waals surface area contributed by atoms with Gasteiger partial charge in [-0.3, -0.25) is 0 Å². The summed E-state index contributed by atoms with van der Waals surface area (Å²) in [5.74, 6) is 0. The lowest BCUT2D eigenvalue weighted by atomic mass is 9.95. The molecule has 1 aromatic heterocycles. The molecule has 0 aliphatic heterocycles. The normalized spacial score (nSPS) is 12.7.